The van der Waals surface area contributed by atoms with Crippen LogP contribution in [0.4, 0.5) is 0 Å². The third kappa shape index (κ3) is 6.66. The van der Waals surface area contributed by atoms with Crippen molar-refractivity contribution in [2.24, 2.45) is 0 Å². The molecule has 0 aliphatic carbocycles. The maximum Gasteiger partial charge on any atom is 0.336 e. The lowest BCUT2D eigenvalue weighted by molar-refractivity contribution is -0.141. The number of carbonyl (C=O) groups is 2. The molecule has 1 aliphatic rings. The van der Waals surface area contributed by atoms with E-state index >= 15 is 0 Å². The number of carbonyl (C=O) groups excluding carboxylic acids is 2. The number of methoxy groups -OCH3 is 1. The zero-order valence-electron chi connectivity index (χ0n) is 20.0. The van der Waals surface area contributed by atoms with E-state index in [0.717, 1.165) is 6.42 Å². The summed E-state index contributed by atoms with van der Waals surface area (Å²) in [5, 5.41) is 3.71. The van der Waals surface area contributed by atoms with Crippen LogP contribution in [0.5, 0.6) is 0 Å². The highest BCUT2D eigenvalue weighted by Crippen LogP contribution is 2.43. The van der Waals surface area contributed by atoms with Crippen LogP contribution >= 0.6 is 23.2 Å². The number of hydrogen-bond donors (Lipinski definition) is 1. The van der Waals surface area contributed by atoms with Gasteiger partial charge in [-0.1, -0.05) is 65.7 Å². The molecule has 186 valence electrons. The molecule has 6 nitrogen and oxygen atoms in total. The van der Waals surface area contributed by atoms with E-state index < -0.39 is 17.9 Å². The predicted octanol–water partition coefficient (Wildman–Crippen LogP) is 5.59. The molecular weight excluding hydrogens is 489 g/mol. The Morgan fingerprint density at radius 3 is 2.11 bits per heavy atom. The molecule has 0 spiro atoms. The van der Waals surface area contributed by atoms with E-state index in [2.05, 4.69) is 5.32 Å². The number of nitrogens with one attached hydrogen (secondary N) is 1. The largest absolute Gasteiger partial charge is 0.462 e. The first-order valence-corrected chi connectivity index (χ1v) is 12.1. The third-order valence-electron chi connectivity index (χ3n) is 5.70. The lowest BCUT2D eigenvalue weighted by Crippen LogP contribution is -2.33. The van der Waals surface area contributed by atoms with Crippen LogP contribution in [0.25, 0.3) is 0 Å². The SMILES string of the molecule is COCCOC(=O)C1=C(C)NC(C)=C(C(=O)OCCCc2ccccc2)C1c1cccc(Cl)c1Cl. The predicted molar refractivity (Wildman–Crippen MR) is 136 cm³/mol. The van der Waals surface area contributed by atoms with Crippen molar-refractivity contribution in [2.75, 3.05) is 26.9 Å². The first-order chi connectivity index (χ1) is 16.8. The quantitative estimate of drug-likeness (QED) is 0.327. The molecule has 0 aromatic heterocycles. The highest BCUT2D eigenvalue weighted by molar-refractivity contribution is 6.42. The van der Waals surface area contributed by atoms with Crippen LogP contribution in [0.15, 0.2) is 71.1 Å². The lowest BCUT2D eigenvalue weighted by atomic mass is 9.80. The topological polar surface area (TPSA) is 73.9 Å². The summed E-state index contributed by atoms with van der Waals surface area (Å²) in [6.07, 6.45) is 1.45. The molecule has 8 heteroatoms. The molecular formula is C27H29Cl2NO5. The van der Waals surface area contributed by atoms with Gasteiger partial charge in [0.15, 0.2) is 0 Å². The van der Waals surface area contributed by atoms with Gasteiger partial charge in [0.2, 0.25) is 0 Å². The van der Waals surface area contributed by atoms with Crippen molar-refractivity contribution >= 4 is 35.1 Å². The molecule has 1 N–H and O–H groups in total. The Morgan fingerprint density at radius 2 is 1.49 bits per heavy atom. The zero-order valence-corrected chi connectivity index (χ0v) is 21.5. The van der Waals surface area contributed by atoms with E-state index in [1.54, 1.807) is 32.0 Å². The fourth-order valence-electron chi connectivity index (χ4n) is 4.05. The Morgan fingerprint density at radius 1 is 0.857 bits per heavy atom. The molecule has 0 fully saturated rings. The van der Waals surface area contributed by atoms with Gasteiger partial charge in [-0.25, -0.2) is 9.59 Å². The Balaban J connectivity index is 1.88. The summed E-state index contributed by atoms with van der Waals surface area (Å²) in [5.41, 5.74) is 3.39. The van der Waals surface area contributed by atoms with Crippen LogP contribution in [-0.4, -0.2) is 38.9 Å². The first kappa shape index (κ1) is 26.8. The number of allylic oxidation sites excluding steroid dienone is 2. The van der Waals surface area contributed by atoms with Crippen LogP contribution < -0.4 is 5.32 Å². The fraction of sp³-hybridized carbons (Fsp3) is 0.333. The van der Waals surface area contributed by atoms with Gasteiger partial charge in [-0.15, -0.1) is 0 Å². The maximum atomic E-state index is 13.3. The number of ether oxygens (including phenoxy) is 3. The maximum absolute atomic E-state index is 13.3. The van der Waals surface area contributed by atoms with Gasteiger partial charge in [0.05, 0.1) is 40.3 Å². The molecule has 0 saturated heterocycles. The summed E-state index contributed by atoms with van der Waals surface area (Å²) in [4.78, 5) is 26.5. The van der Waals surface area contributed by atoms with Gasteiger partial charge in [0.1, 0.15) is 6.61 Å². The van der Waals surface area contributed by atoms with Gasteiger partial charge >= 0.3 is 11.9 Å². The summed E-state index contributed by atoms with van der Waals surface area (Å²) in [5.74, 6) is -1.91. The second kappa shape index (κ2) is 12.8. The molecule has 35 heavy (non-hydrogen) atoms. The molecule has 1 aliphatic heterocycles. The highest BCUT2D eigenvalue weighted by atomic mass is 35.5. The molecule has 1 heterocycles. The highest BCUT2D eigenvalue weighted by Gasteiger charge is 2.39. The van der Waals surface area contributed by atoms with Gasteiger partial charge in [-0.05, 0) is 43.9 Å². The van der Waals surface area contributed by atoms with Crippen LogP contribution in [0, 0.1) is 0 Å². The van der Waals surface area contributed by atoms with E-state index in [-0.39, 0.29) is 36.0 Å². The van der Waals surface area contributed by atoms with E-state index in [0.29, 0.717) is 28.4 Å². The van der Waals surface area contributed by atoms with Gasteiger partial charge in [0.25, 0.3) is 0 Å². The molecule has 2 aromatic rings. The van der Waals surface area contributed by atoms with Crippen molar-refractivity contribution in [1.29, 1.82) is 0 Å². The summed E-state index contributed by atoms with van der Waals surface area (Å²) >= 11 is 12.9. The monoisotopic (exact) mass is 517 g/mol. The average molecular weight is 518 g/mol. The third-order valence-corrected chi connectivity index (χ3v) is 6.53. The van der Waals surface area contributed by atoms with E-state index in [1.807, 2.05) is 30.3 Å². The minimum Gasteiger partial charge on any atom is -0.462 e. The number of benzene rings is 2. The smallest absolute Gasteiger partial charge is 0.336 e. The standard InChI is InChI=1S/C27H29Cl2NO5/c1-17-22(26(31)34-14-8-11-19-9-5-4-6-10-19)24(20-12-7-13-21(28)25(20)29)23(18(2)30-17)27(32)35-16-15-33-3/h4-7,9-10,12-13,24,30H,8,11,14-16H2,1-3H3. The van der Waals surface area contributed by atoms with Gasteiger partial charge in [-0.3, -0.25) is 0 Å². The minimum absolute atomic E-state index is 0.0735. The van der Waals surface area contributed by atoms with Gasteiger partial charge in [0, 0.05) is 18.5 Å². The normalized spacial score (nSPS) is 15.6. The summed E-state index contributed by atoms with van der Waals surface area (Å²) < 4.78 is 16.0. The Labute approximate surface area is 215 Å². The molecule has 1 unspecified atom stereocenters. The molecule has 2 aromatic carbocycles. The number of dihydropyridines is 1. The Hall–Kier alpha value is -2.80. The lowest BCUT2D eigenvalue weighted by Gasteiger charge is -2.31. The Kier molecular flexibility index (Phi) is 9.78. The summed E-state index contributed by atoms with van der Waals surface area (Å²) in [6.45, 7) is 4.08. The number of rotatable bonds is 10. The van der Waals surface area contributed by atoms with Gasteiger partial charge in [-0.2, -0.15) is 0 Å². The second-order valence-electron chi connectivity index (χ2n) is 8.13. The minimum atomic E-state index is -0.806. The van der Waals surface area contributed by atoms with E-state index in [1.165, 1.54) is 12.7 Å². The fourth-order valence-corrected chi connectivity index (χ4v) is 4.47. The van der Waals surface area contributed by atoms with Crippen molar-refractivity contribution in [3.63, 3.8) is 0 Å². The Bertz CT molecular complexity index is 1130. The molecule has 3 rings (SSSR count). The van der Waals surface area contributed by atoms with Crippen LogP contribution in [0.2, 0.25) is 10.0 Å². The number of esters is 2. The zero-order chi connectivity index (χ0) is 25.4. The molecule has 0 saturated carbocycles. The second-order valence-corrected chi connectivity index (χ2v) is 8.92. The van der Waals surface area contributed by atoms with E-state index in [4.69, 9.17) is 37.4 Å². The van der Waals surface area contributed by atoms with Crippen LogP contribution in [0.1, 0.15) is 37.3 Å². The summed E-state index contributed by atoms with van der Waals surface area (Å²) in [6, 6.07) is 15.1. The van der Waals surface area contributed by atoms with Crippen molar-refractivity contribution in [1.82, 2.24) is 5.32 Å². The average Bonchev–Trinajstić information content (AvgIpc) is 2.83. The molecule has 0 radical (unpaired) electrons. The summed E-state index contributed by atoms with van der Waals surface area (Å²) in [7, 11) is 1.52. The van der Waals surface area contributed by atoms with Crippen molar-refractivity contribution in [3.05, 3.63) is 92.2 Å². The number of aryl methyl sites for hydroxylation is 1. The van der Waals surface area contributed by atoms with Crippen molar-refractivity contribution in [2.45, 2.75) is 32.6 Å². The number of hydrogen-bond acceptors (Lipinski definition) is 6. The van der Waals surface area contributed by atoms with Crippen molar-refractivity contribution in [3.8, 4) is 0 Å². The van der Waals surface area contributed by atoms with Crippen LogP contribution in [0.3, 0.4) is 0 Å². The molecule has 1 atom stereocenters. The van der Waals surface area contributed by atoms with Crippen LogP contribution in [-0.2, 0) is 30.2 Å². The number of halogens is 2. The molecule has 0 amide bonds. The van der Waals surface area contributed by atoms with E-state index in [9.17, 15) is 9.59 Å². The first-order valence-electron chi connectivity index (χ1n) is 11.3. The van der Waals surface area contributed by atoms with Gasteiger partial charge < -0.3 is 19.5 Å². The molecule has 0 bridgehead atoms. The van der Waals surface area contributed by atoms with Crippen molar-refractivity contribution < 1.29 is 23.8 Å².